The number of amides is 2. The van der Waals surface area contributed by atoms with Gasteiger partial charge >= 0.3 is 0 Å². The lowest BCUT2D eigenvalue weighted by Gasteiger charge is -2.23. The van der Waals surface area contributed by atoms with Crippen LogP contribution in [0, 0.1) is 6.92 Å². The number of carbonyl (C=O) groups excluding carboxylic acids is 2. The van der Waals surface area contributed by atoms with Crippen LogP contribution >= 0.6 is 11.8 Å². The van der Waals surface area contributed by atoms with Crippen LogP contribution in [0.25, 0.3) is 0 Å². The number of thioether (sulfide) groups is 1. The van der Waals surface area contributed by atoms with Gasteiger partial charge in [-0.25, -0.2) is 15.8 Å². The first kappa shape index (κ1) is 12.8. The Balaban J connectivity index is 2.19. The van der Waals surface area contributed by atoms with Crippen LogP contribution in [0.1, 0.15) is 17.9 Å². The Hall–Kier alpha value is -1.67. The van der Waals surface area contributed by atoms with E-state index in [-0.39, 0.29) is 17.7 Å². The predicted molar refractivity (Wildman–Crippen MR) is 67.6 cm³/mol. The Kier molecular flexibility index (Phi) is 3.78. The van der Waals surface area contributed by atoms with Crippen LogP contribution in [-0.4, -0.2) is 31.8 Å². The molecular weight excluding hydrogens is 254 g/mol. The SMILES string of the molecule is Cc1cc(NN)nc(CN2C(=O)CCSC2=O)n1. The number of hydrogen-bond donors (Lipinski definition) is 2. The lowest BCUT2D eigenvalue weighted by molar-refractivity contribution is -0.128. The Morgan fingerprint density at radius 2 is 2.28 bits per heavy atom. The first-order valence-electron chi connectivity index (χ1n) is 5.38. The Labute approximate surface area is 108 Å². The molecular formula is C10H13N5O2S. The number of nitrogens with zero attached hydrogens (tertiary/aromatic N) is 3. The number of hydrazine groups is 1. The Bertz CT molecular complexity index is 477. The zero-order valence-corrected chi connectivity index (χ0v) is 10.7. The molecule has 8 heteroatoms. The normalized spacial score (nSPS) is 16.0. The maximum atomic E-state index is 11.6. The predicted octanol–water partition coefficient (Wildman–Crippen LogP) is 0.656. The lowest BCUT2D eigenvalue weighted by atomic mass is 10.3. The minimum atomic E-state index is -0.251. The molecule has 2 heterocycles. The fraction of sp³-hybridized carbons (Fsp3) is 0.400. The number of nitrogens with one attached hydrogen (secondary N) is 1. The fourth-order valence-electron chi connectivity index (χ4n) is 1.61. The van der Waals surface area contributed by atoms with Gasteiger partial charge in [-0.2, -0.15) is 0 Å². The molecule has 0 unspecified atom stereocenters. The van der Waals surface area contributed by atoms with E-state index >= 15 is 0 Å². The van der Waals surface area contributed by atoms with Crippen LogP contribution < -0.4 is 11.3 Å². The summed E-state index contributed by atoms with van der Waals surface area (Å²) in [5.74, 6) is 6.49. The molecule has 1 aromatic rings. The van der Waals surface area contributed by atoms with E-state index in [1.165, 1.54) is 4.90 Å². The molecule has 0 radical (unpaired) electrons. The summed E-state index contributed by atoms with van der Waals surface area (Å²) in [5, 5.41) is -0.251. The van der Waals surface area contributed by atoms with Crippen molar-refractivity contribution in [2.24, 2.45) is 5.84 Å². The molecule has 1 aromatic heterocycles. The average Bonchev–Trinajstić information content (AvgIpc) is 2.33. The zero-order valence-electron chi connectivity index (χ0n) is 9.84. The highest BCUT2D eigenvalue weighted by Gasteiger charge is 2.27. The molecule has 7 nitrogen and oxygen atoms in total. The fourth-order valence-corrected chi connectivity index (χ4v) is 2.38. The van der Waals surface area contributed by atoms with Crippen molar-refractivity contribution in [3.05, 3.63) is 17.6 Å². The van der Waals surface area contributed by atoms with E-state index in [0.29, 0.717) is 23.8 Å². The molecule has 3 N–H and O–H groups in total. The van der Waals surface area contributed by atoms with Gasteiger partial charge in [0.1, 0.15) is 5.82 Å². The van der Waals surface area contributed by atoms with Gasteiger partial charge in [0.2, 0.25) is 5.91 Å². The number of imide groups is 1. The maximum Gasteiger partial charge on any atom is 0.288 e. The number of hydrogen-bond acceptors (Lipinski definition) is 7. The summed E-state index contributed by atoms with van der Waals surface area (Å²) in [5.41, 5.74) is 3.14. The van der Waals surface area contributed by atoms with E-state index in [0.717, 1.165) is 17.5 Å². The van der Waals surface area contributed by atoms with E-state index in [2.05, 4.69) is 15.4 Å². The third kappa shape index (κ3) is 2.77. The van der Waals surface area contributed by atoms with Gasteiger partial charge in [-0.05, 0) is 6.92 Å². The Morgan fingerprint density at radius 1 is 1.50 bits per heavy atom. The van der Waals surface area contributed by atoms with Crippen molar-refractivity contribution >= 4 is 28.7 Å². The monoisotopic (exact) mass is 267 g/mol. The summed E-state index contributed by atoms with van der Waals surface area (Å²) in [4.78, 5) is 32.7. The highest BCUT2D eigenvalue weighted by Crippen LogP contribution is 2.20. The smallest absolute Gasteiger partial charge is 0.288 e. The van der Waals surface area contributed by atoms with Gasteiger partial charge in [0.25, 0.3) is 5.24 Å². The number of aryl methyl sites for hydroxylation is 1. The largest absolute Gasteiger partial charge is 0.308 e. The van der Waals surface area contributed by atoms with E-state index < -0.39 is 0 Å². The van der Waals surface area contributed by atoms with Crippen molar-refractivity contribution < 1.29 is 9.59 Å². The highest BCUT2D eigenvalue weighted by molar-refractivity contribution is 8.13. The highest BCUT2D eigenvalue weighted by atomic mass is 32.2. The lowest BCUT2D eigenvalue weighted by Crippen LogP contribution is -2.38. The number of nitrogens with two attached hydrogens (primary N) is 1. The van der Waals surface area contributed by atoms with Crippen LogP contribution in [0.2, 0.25) is 0 Å². The molecule has 0 aliphatic carbocycles. The van der Waals surface area contributed by atoms with Gasteiger partial charge in [0.05, 0.1) is 6.54 Å². The number of nitrogen functional groups attached to an aromatic ring is 1. The minimum Gasteiger partial charge on any atom is -0.308 e. The molecule has 2 rings (SSSR count). The van der Waals surface area contributed by atoms with Gasteiger partial charge in [-0.15, -0.1) is 0 Å². The topological polar surface area (TPSA) is 101 Å². The van der Waals surface area contributed by atoms with Crippen LogP contribution in [0.5, 0.6) is 0 Å². The van der Waals surface area contributed by atoms with Gasteiger partial charge in [0.15, 0.2) is 5.82 Å². The van der Waals surface area contributed by atoms with Crippen LogP contribution in [-0.2, 0) is 11.3 Å². The Morgan fingerprint density at radius 3 is 2.94 bits per heavy atom. The second kappa shape index (κ2) is 5.32. The first-order valence-corrected chi connectivity index (χ1v) is 6.37. The second-order valence-electron chi connectivity index (χ2n) is 3.80. The quantitative estimate of drug-likeness (QED) is 0.612. The molecule has 0 aromatic carbocycles. The second-order valence-corrected chi connectivity index (χ2v) is 4.85. The summed E-state index contributed by atoms with van der Waals surface area (Å²) in [6, 6.07) is 1.68. The van der Waals surface area contributed by atoms with Crippen molar-refractivity contribution in [2.45, 2.75) is 19.9 Å². The molecule has 0 spiro atoms. The van der Waals surface area contributed by atoms with Gasteiger partial charge in [-0.1, -0.05) is 11.8 Å². The third-order valence-corrected chi connectivity index (χ3v) is 3.29. The van der Waals surface area contributed by atoms with Crippen molar-refractivity contribution in [2.75, 3.05) is 11.2 Å². The van der Waals surface area contributed by atoms with Crippen molar-refractivity contribution in [1.29, 1.82) is 0 Å². The van der Waals surface area contributed by atoms with Gasteiger partial charge < -0.3 is 5.43 Å². The number of aromatic nitrogens is 2. The van der Waals surface area contributed by atoms with Crippen LogP contribution in [0.4, 0.5) is 10.6 Å². The molecule has 96 valence electrons. The van der Waals surface area contributed by atoms with E-state index in [1.54, 1.807) is 13.0 Å². The van der Waals surface area contributed by atoms with Crippen molar-refractivity contribution in [1.82, 2.24) is 14.9 Å². The number of anilines is 1. The molecule has 1 aliphatic rings. The van der Waals surface area contributed by atoms with E-state index in [9.17, 15) is 9.59 Å². The molecule has 18 heavy (non-hydrogen) atoms. The summed E-state index contributed by atoms with van der Waals surface area (Å²) in [7, 11) is 0. The third-order valence-electron chi connectivity index (χ3n) is 2.41. The van der Waals surface area contributed by atoms with Crippen LogP contribution in [0.3, 0.4) is 0 Å². The summed E-state index contributed by atoms with van der Waals surface area (Å²) < 4.78 is 0. The molecule has 0 saturated carbocycles. The van der Waals surface area contributed by atoms with Gasteiger partial charge in [-0.3, -0.25) is 14.5 Å². The summed E-state index contributed by atoms with van der Waals surface area (Å²) >= 11 is 1.13. The molecule has 1 fully saturated rings. The summed E-state index contributed by atoms with van der Waals surface area (Å²) in [6.07, 6.45) is 0.365. The van der Waals surface area contributed by atoms with E-state index in [1.807, 2.05) is 0 Å². The molecule has 0 bridgehead atoms. The molecule has 1 aliphatic heterocycles. The van der Waals surface area contributed by atoms with E-state index in [4.69, 9.17) is 5.84 Å². The average molecular weight is 267 g/mol. The minimum absolute atomic E-state index is 0.0844. The van der Waals surface area contributed by atoms with Crippen LogP contribution in [0.15, 0.2) is 6.07 Å². The standard InChI is InChI=1S/C10H13N5O2S/c1-6-4-7(14-11)13-8(12-6)5-15-9(16)2-3-18-10(15)17/h4H,2-3,5,11H2,1H3,(H,12,13,14). The van der Waals surface area contributed by atoms with Crippen molar-refractivity contribution in [3.8, 4) is 0 Å². The number of rotatable bonds is 3. The zero-order chi connectivity index (χ0) is 13.1. The van der Waals surface area contributed by atoms with Crippen molar-refractivity contribution in [3.63, 3.8) is 0 Å². The van der Waals surface area contributed by atoms with Gasteiger partial charge in [0, 0.05) is 23.9 Å². The molecule has 0 atom stereocenters. The maximum absolute atomic E-state index is 11.6. The number of carbonyl (C=O) groups is 2. The molecule has 2 amide bonds. The molecule has 1 saturated heterocycles. The first-order chi connectivity index (χ1) is 8.60. The summed E-state index contributed by atoms with van der Waals surface area (Å²) in [6.45, 7) is 1.88.